The Bertz CT molecular complexity index is 734. The summed E-state index contributed by atoms with van der Waals surface area (Å²) in [5, 5.41) is 2.05. The molecular weight excluding hydrogens is 350 g/mol. The van der Waals surface area contributed by atoms with Crippen LogP contribution in [-0.2, 0) is 17.9 Å². The van der Waals surface area contributed by atoms with Gasteiger partial charge in [-0.05, 0) is 36.8 Å². The Morgan fingerprint density at radius 2 is 2.20 bits per heavy atom. The number of hydrogen-bond acceptors (Lipinski definition) is 5. The maximum absolute atomic E-state index is 12.9. The predicted octanol–water partition coefficient (Wildman–Crippen LogP) is 3.49. The minimum atomic E-state index is 0.140. The van der Waals surface area contributed by atoms with Gasteiger partial charge < -0.3 is 4.90 Å². The van der Waals surface area contributed by atoms with Crippen LogP contribution < -0.4 is 0 Å². The lowest BCUT2D eigenvalue weighted by molar-refractivity contribution is -0.140. The van der Waals surface area contributed by atoms with E-state index in [1.54, 1.807) is 23.1 Å². The minimum Gasteiger partial charge on any atom is -0.332 e. The Balaban J connectivity index is 1.49. The minimum absolute atomic E-state index is 0.140. The normalized spacial score (nSPS) is 23.9. The predicted molar refractivity (Wildman–Crippen MR) is 103 cm³/mol. The molecule has 3 aliphatic rings. The molecule has 2 bridgehead atoms. The summed E-state index contributed by atoms with van der Waals surface area (Å²) < 4.78 is 0. The molecule has 3 aliphatic heterocycles. The van der Waals surface area contributed by atoms with Gasteiger partial charge in [0.15, 0.2) is 0 Å². The lowest BCUT2D eigenvalue weighted by Crippen LogP contribution is -2.47. The van der Waals surface area contributed by atoms with Gasteiger partial charge in [-0.1, -0.05) is 12.1 Å². The van der Waals surface area contributed by atoms with Crippen LogP contribution in [-0.4, -0.2) is 46.1 Å². The van der Waals surface area contributed by atoms with E-state index in [0.29, 0.717) is 18.5 Å². The summed E-state index contributed by atoms with van der Waals surface area (Å²) in [5.74, 6) is 0.464. The number of carbonyl (C=O) groups excluding carboxylic acids is 1. The molecule has 5 rings (SSSR count). The highest BCUT2D eigenvalue weighted by Gasteiger charge is 2.40. The smallest absolute Gasteiger partial charge is 0.227 e. The van der Waals surface area contributed by atoms with Crippen molar-refractivity contribution in [2.45, 2.75) is 36.9 Å². The molecule has 1 aromatic heterocycles. The van der Waals surface area contributed by atoms with E-state index in [4.69, 9.17) is 0 Å². The zero-order valence-electron chi connectivity index (χ0n) is 14.4. The molecule has 0 aliphatic carbocycles. The molecule has 0 saturated carbocycles. The molecule has 132 valence electrons. The van der Waals surface area contributed by atoms with Crippen LogP contribution in [0.15, 0.2) is 40.1 Å². The lowest BCUT2D eigenvalue weighted by Gasteiger charge is -2.35. The maximum Gasteiger partial charge on any atom is 0.227 e. The van der Waals surface area contributed by atoms with E-state index in [0.717, 1.165) is 38.2 Å². The van der Waals surface area contributed by atoms with E-state index < -0.39 is 0 Å². The number of hydrogen-bond donors (Lipinski definition) is 0. The first-order valence-corrected chi connectivity index (χ1v) is 10.9. The summed E-state index contributed by atoms with van der Waals surface area (Å²) in [6.45, 7) is 3.45. The Labute approximate surface area is 157 Å². The molecule has 0 radical (unpaired) electrons. The fraction of sp³-hybridized carbons (Fsp3) is 0.474. The third-order valence-electron chi connectivity index (χ3n) is 5.23. The highest BCUT2D eigenvalue weighted by Crippen LogP contribution is 2.31. The van der Waals surface area contributed by atoms with Crippen LogP contribution in [0.5, 0.6) is 0 Å². The molecule has 4 nitrogen and oxygen atoms in total. The van der Waals surface area contributed by atoms with Crippen molar-refractivity contribution in [3.05, 3.63) is 46.4 Å². The van der Waals surface area contributed by atoms with Crippen molar-refractivity contribution >= 4 is 29.0 Å². The molecular formula is C19H23N3OS2. The Morgan fingerprint density at radius 3 is 3.00 bits per heavy atom. The molecule has 0 spiro atoms. The average molecular weight is 374 g/mol. The molecule has 6 heteroatoms. The number of rotatable bonds is 5. The topological polar surface area (TPSA) is 36.4 Å². The highest BCUT2D eigenvalue weighted by molar-refractivity contribution is 7.98. The van der Waals surface area contributed by atoms with Crippen LogP contribution in [0.4, 0.5) is 0 Å². The Morgan fingerprint density at radius 1 is 1.28 bits per heavy atom. The molecule has 4 heterocycles. The summed E-state index contributed by atoms with van der Waals surface area (Å²) in [5.41, 5.74) is 4.21. The summed E-state index contributed by atoms with van der Waals surface area (Å²) in [4.78, 5) is 23.1. The lowest BCUT2D eigenvalue weighted by atomic mass is 9.94. The van der Waals surface area contributed by atoms with Crippen LogP contribution in [0.3, 0.4) is 0 Å². The number of thiazole rings is 1. The van der Waals surface area contributed by atoms with Crippen molar-refractivity contribution in [1.82, 2.24) is 14.8 Å². The van der Waals surface area contributed by atoms with Gasteiger partial charge in [-0.2, -0.15) is 0 Å². The van der Waals surface area contributed by atoms with Crippen molar-refractivity contribution in [2.75, 3.05) is 19.3 Å². The molecule has 3 fully saturated rings. The summed E-state index contributed by atoms with van der Waals surface area (Å²) >= 11 is 3.38. The number of nitrogens with zero attached hydrogens (tertiary/aromatic N) is 3. The van der Waals surface area contributed by atoms with Gasteiger partial charge in [0.05, 0.1) is 23.7 Å². The second kappa shape index (κ2) is 7.48. The van der Waals surface area contributed by atoms with E-state index >= 15 is 0 Å². The van der Waals surface area contributed by atoms with Gasteiger partial charge in [0.25, 0.3) is 0 Å². The maximum atomic E-state index is 12.9. The molecule has 25 heavy (non-hydrogen) atoms. The molecule has 2 aromatic rings. The number of aromatic nitrogens is 1. The third-order valence-corrected chi connectivity index (χ3v) is 6.59. The first-order valence-electron chi connectivity index (χ1n) is 8.76. The first kappa shape index (κ1) is 17.1. The highest BCUT2D eigenvalue weighted by atomic mass is 32.2. The number of piperidine rings is 1. The van der Waals surface area contributed by atoms with Crippen molar-refractivity contribution in [1.29, 1.82) is 0 Å². The van der Waals surface area contributed by atoms with E-state index in [9.17, 15) is 4.79 Å². The number of amides is 1. The van der Waals surface area contributed by atoms with Gasteiger partial charge >= 0.3 is 0 Å². The Hall–Kier alpha value is -1.37. The van der Waals surface area contributed by atoms with Gasteiger partial charge in [0.2, 0.25) is 5.91 Å². The van der Waals surface area contributed by atoms with E-state index in [1.165, 1.54) is 10.5 Å². The van der Waals surface area contributed by atoms with Crippen LogP contribution in [0.1, 0.15) is 24.1 Å². The first-order chi connectivity index (χ1) is 12.2. The number of benzene rings is 1. The molecule has 0 N–H and O–H groups in total. The second-order valence-electron chi connectivity index (χ2n) is 6.92. The summed E-state index contributed by atoms with van der Waals surface area (Å²) in [6, 6.07) is 9.07. The molecule has 1 aromatic carbocycles. The van der Waals surface area contributed by atoms with Gasteiger partial charge in [0, 0.05) is 36.0 Å². The number of thioether (sulfide) groups is 1. The fourth-order valence-corrected chi connectivity index (χ4v) is 5.02. The number of carbonyl (C=O) groups is 1. The Kier molecular flexibility index (Phi) is 5.10. The van der Waals surface area contributed by atoms with E-state index in [1.807, 2.05) is 5.51 Å². The van der Waals surface area contributed by atoms with Gasteiger partial charge in [0.1, 0.15) is 0 Å². The summed E-state index contributed by atoms with van der Waals surface area (Å²) in [6.07, 6.45) is 4.25. The van der Waals surface area contributed by atoms with E-state index in [2.05, 4.69) is 50.7 Å². The largest absolute Gasteiger partial charge is 0.332 e. The average Bonchev–Trinajstić information content (AvgIpc) is 3.01. The molecule has 3 saturated heterocycles. The number of fused-ring (bicyclic) bond motifs is 4. The zero-order valence-corrected chi connectivity index (χ0v) is 16.1. The zero-order chi connectivity index (χ0) is 17.2. The molecule has 2 atom stereocenters. The van der Waals surface area contributed by atoms with Crippen LogP contribution in [0, 0.1) is 5.92 Å². The second-order valence-corrected chi connectivity index (χ2v) is 8.52. The SMILES string of the molecule is CSc1cccc(CN2C[C@@H]3CC[C@H](C2)N(Cc2cscn2)C3=O)c1. The van der Waals surface area contributed by atoms with Gasteiger partial charge in [-0.25, -0.2) is 4.98 Å². The monoisotopic (exact) mass is 373 g/mol. The molecule has 1 amide bonds. The van der Waals surface area contributed by atoms with Gasteiger partial charge in [-0.15, -0.1) is 23.1 Å². The van der Waals surface area contributed by atoms with Crippen molar-refractivity contribution in [3.63, 3.8) is 0 Å². The van der Waals surface area contributed by atoms with Crippen molar-refractivity contribution in [2.24, 2.45) is 5.92 Å². The van der Waals surface area contributed by atoms with Crippen LogP contribution in [0.25, 0.3) is 0 Å². The van der Waals surface area contributed by atoms with E-state index in [-0.39, 0.29) is 5.92 Å². The fourth-order valence-electron chi connectivity index (χ4n) is 3.99. The standard InChI is InChI=1S/C19H23N3OS2/c1-24-18-4-2-3-14(7-18)8-21-9-15-5-6-17(11-21)22(19(15)23)10-16-12-25-13-20-16/h2-4,7,12-13,15,17H,5-6,8-11H2,1H3/t15-,17+/m0/s1. The summed E-state index contributed by atoms with van der Waals surface area (Å²) in [7, 11) is 0. The van der Waals surface area contributed by atoms with Crippen LogP contribution in [0.2, 0.25) is 0 Å². The molecule has 0 unspecified atom stereocenters. The van der Waals surface area contributed by atoms with Gasteiger partial charge in [-0.3, -0.25) is 9.69 Å². The van der Waals surface area contributed by atoms with Crippen molar-refractivity contribution < 1.29 is 4.79 Å². The van der Waals surface area contributed by atoms with Crippen LogP contribution >= 0.6 is 23.1 Å². The third kappa shape index (κ3) is 3.76. The quantitative estimate of drug-likeness (QED) is 0.752. The van der Waals surface area contributed by atoms with Crippen molar-refractivity contribution in [3.8, 4) is 0 Å².